The third-order valence-electron chi connectivity index (χ3n) is 3.12. The van der Waals surface area contributed by atoms with Crippen molar-refractivity contribution in [3.63, 3.8) is 0 Å². The SMILES string of the molecule is CC(N)=Nc1ccc2nc(-c3ccc(F)cc3)ccc2c1. The first kappa shape index (κ1) is 13.2. The lowest BCUT2D eigenvalue weighted by molar-refractivity contribution is 0.628. The quantitative estimate of drug-likeness (QED) is 0.568. The summed E-state index contributed by atoms with van der Waals surface area (Å²) in [6, 6.07) is 15.9. The topological polar surface area (TPSA) is 51.3 Å². The zero-order valence-electron chi connectivity index (χ0n) is 11.5. The highest BCUT2D eigenvalue weighted by Crippen LogP contribution is 2.24. The molecule has 0 aliphatic heterocycles. The van der Waals surface area contributed by atoms with E-state index in [1.807, 2.05) is 30.3 Å². The molecule has 2 aromatic carbocycles. The van der Waals surface area contributed by atoms with Crippen molar-refractivity contribution in [3.05, 3.63) is 60.4 Å². The van der Waals surface area contributed by atoms with E-state index >= 15 is 0 Å². The van der Waals surface area contributed by atoms with E-state index in [1.54, 1.807) is 19.1 Å². The predicted octanol–water partition coefficient (Wildman–Crippen LogP) is 4.05. The van der Waals surface area contributed by atoms with Gasteiger partial charge in [0.25, 0.3) is 0 Å². The maximum absolute atomic E-state index is 13.0. The zero-order valence-corrected chi connectivity index (χ0v) is 11.5. The molecule has 0 amide bonds. The van der Waals surface area contributed by atoms with Gasteiger partial charge in [0.05, 0.1) is 22.7 Å². The average molecular weight is 279 g/mol. The van der Waals surface area contributed by atoms with E-state index in [0.29, 0.717) is 5.84 Å². The Labute approximate surface area is 122 Å². The van der Waals surface area contributed by atoms with Gasteiger partial charge in [0.15, 0.2) is 0 Å². The number of aliphatic imine (C=N–C) groups is 1. The van der Waals surface area contributed by atoms with Crippen LogP contribution in [-0.2, 0) is 0 Å². The maximum Gasteiger partial charge on any atom is 0.123 e. The van der Waals surface area contributed by atoms with Gasteiger partial charge in [0, 0.05) is 10.9 Å². The van der Waals surface area contributed by atoms with Gasteiger partial charge in [0.1, 0.15) is 5.82 Å². The number of rotatable bonds is 2. The normalized spacial score (nSPS) is 11.8. The van der Waals surface area contributed by atoms with Gasteiger partial charge in [-0.15, -0.1) is 0 Å². The number of pyridine rings is 1. The molecule has 0 saturated carbocycles. The first-order chi connectivity index (χ1) is 10.1. The van der Waals surface area contributed by atoms with Gasteiger partial charge >= 0.3 is 0 Å². The van der Waals surface area contributed by atoms with Gasteiger partial charge in [-0.25, -0.2) is 14.4 Å². The molecule has 1 heterocycles. The molecule has 4 heteroatoms. The second kappa shape index (κ2) is 5.32. The fraction of sp³-hybridized carbons (Fsp3) is 0.0588. The summed E-state index contributed by atoms with van der Waals surface area (Å²) >= 11 is 0. The second-order valence-electron chi connectivity index (χ2n) is 4.83. The summed E-state index contributed by atoms with van der Waals surface area (Å²) in [5.41, 5.74) is 8.96. The third kappa shape index (κ3) is 2.89. The average Bonchev–Trinajstić information content (AvgIpc) is 2.47. The number of amidine groups is 1. The summed E-state index contributed by atoms with van der Waals surface area (Å²) in [5.74, 6) is 0.268. The number of benzene rings is 2. The standard InChI is InChI=1S/C17H14FN3/c1-11(19)20-15-7-9-17-13(10-15)4-8-16(21-17)12-2-5-14(18)6-3-12/h2-10H,1H3,(H2,19,20). The van der Waals surface area contributed by atoms with Gasteiger partial charge in [0.2, 0.25) is 0 Å². The summed E-state index contributed by atoms with van der Waals surface area (Å²) in [5, 5.41) is 0.989. The molecule has 0 atom stereocenters. The summed E-state index contributed by atoms with van der Waals surface area (Å²) in [6.45, 7) is 1.75. The first-order valence-corrected chi connectivity index (χ1v) is 6.59. The molecular formula is C17H14FN3. The minimum atomic E-state index is -0.251. The monoisotopic (exact) mass is 279 g/mol. The van der Waals surface area contributed by atoms with Crippen LogP contribution < -0.4 is 5.73 Å². The van der Waals surface area contributed by atoms with E-state index < -0.39 is 0 Å². The molecule has 3 aromatic rings. The van der Waals surface area contributed by atoms with Crippen molar-refractivity contribution in [2.24, 2.45) is 10.7 Å². The largest absolute Gasteiger partial charge is 0.387 e. The summed E-state index contributed by atoms with van der Waals surface area (Å²) in [4.78, 5) is 8.82. The van der Waals surface area contributed by atoms with E-state index in [-0.39, 0.29) is 5.82 Å². The summed E-state index contributed by atoms with van der Waals surface area (Å²) < 4.78 is 13.0. The fourth-order valence-electron chi connectivity index (χ4n) is 2.17. The molecular weight excluding hydrogens is 265 g/mol. The molecule has 3 rings (SSSR count). The molecule has 0 bridgehead atoms. The lowest BCUT2D eigenvalue weighted by Gasteiger charge is -2.04. The predicted molar refractivity (Wildman–Crippen MR) is 84.1 cm³/mol. The minimum Gasteiger partial charge on any atom is -0.387 e. The molecule has 3 nitrogen and oxygen atoms in total. The Morgan fingerprint density at radius 2 is 1.81 bits per heavy atom. The van der Waals surface area contributed by atoms with Crippen molar-refractivity contribution in [2.75, 3.05) is 0 Å². The van der Waals surface area contributed by atoms with Crippen molar-refractivity contribution in [1.82, 2.24) is 4.98 Å². The van der Waals surface area contributed by atoms with Crippen molar-refractivity contribution in [3.8, 4) is 11.3 Å². The van der Waals surface area contributed by atoms with Gasteiger partial charge in [-0.2, -0.15) is 0 Å². The van der Waals surface area contributed by atoms with Crippen LogP contribution in [0.15, 0.2) is 59.6 Å². The Morgan fingerprint density at radius 1 is 1.05 bits per heavy atom. The van der Waals surface area contributed by atoms with Crippen LogP contribution in [0.25, 0.3) is 22.2 Å². The van der Waals surface area contributed by atoms with Gasteiger partial charge in [-0.05, 0) is 55.5 Å². The zero-order chi connectivity index (χ0) is 14.8. The molecule has 0 radical (unpaired) electrons. The van der Waals surface area contributed by atoms with Crippen LogP contribution in [0.5, 0.6) is 0 Å². The van der Waals surface area contributed by atoms with Crippen LogP contribution in [0.2, 0.25) is 0 Å². The molecule has 0 saturated heterocycles. The number of hydrogen-bond acceptors (Lipinski definition) is 2. The number of halogens is 1. The Kier molecular flexibility index (Phi) is 3.36. The smallest absolute Gasteiger partial charge is 0.123 e. The Balaban J connectivity index is 2.05. The fourth-order valence-corrected chi connectivity index (χ4v) is 2.17. The summed E-state index contributed by atoms with van der Waals surface area (Å²) in [6.07, 6.45) is 0. The van der Waals surface area contributed by atoms with Gasteiger partial charge in [-0.3, -0.25) is 0 Å². The van der Waals surface area contributed by atoms with E-state index in [1.165, 1.54) is 12.1 Å². The lowest BCUT2D eigenvalue weighted by Crippen LogP contribution is -2.03. The van der Waals surface area contributed by atoms with Crippen LogP contribution >= 0.6 is 0 Å². The highest BCUT2D eigenvalue weighted by molar-refractivity contribution is 5.86. The number of fused-ring (bicyclic) bond motifs is 1. The van der Waals surface area contributed by atoms with E-state index in [2.05, 4.69) is 9.98 Å². The molecule has 0 fully saturated rings. The van der Waals surface area contributed by atoms with E-state index in [0.717, 1.165) is 27.8 Å². The van der Waals surface area contributed by atoms with E-state index in [4.69, 9.17) is 5.73 Å². The number of aromatic nitrogens is 1. The van der Waals surface area contributed by atoms with Crippen molar-refractivity contribution in [1.29, 1.82) is 0 Å². The Morgan fingerprint density at radius 3 is 2.52 bits per heavy atom. The minimum absolute atomic E-state index is 0.251. The number of nitrogens with zero attached hydrogens (tertiary/aromatic N) is 2. The first-order valence-electron chi connectivity index (χ1n) is 6.59. The van der Waals surface area contributed by atoms with E-state index in [9.17, 15) is 4.39 Å². The number of nitrogens with two attached hydrogens (primary N) is 1. The molecule has 0 spiro atoms. The Hall–Kier alpha value is -2.75. The molecule has 104 valence electrons. The molecule has 21 heavy (non-hydrogen) atoms. The van der Waals surface area contributed by atoms with Crippen molar-refractivity contribution < 1.29 is 4.39 Å². The molecule has 0 aliphatic rings. The van der Waals surface area contributed by atoms with Crippen molar-refractivity contribution in [2.45, 2.75) is 6.92 Å². The third-order valence-corrected chi connectivity index (χ3v) is 3.12. The van der Waals surface area contributed by atoms with Gasteiger partial charge < -0.3 is 5.73 Å². The number of hydrogen-bond donors (Lipinski definition) is 1. The van der Waals surface area contributed by atoms with Crippen LogP contribution in [0.4, 0.5) is 10.1 Å². The van der Waals surface area contributed by atoms with Crippen LogP contribution in [-0.4, -0.2) is 10.8 Å². The van der Waals surface area contributed by atoms with Gasteiger partial charge in [-0.1, -0.05) is 6.07 Å². The van der Waals surface area contributed by atoms with Crippen molar-refractivity contribution >= 4 is 22.4 Å². The molecule has 2 N–H and O–H groups in total. The van der Waals surface area contributed by atoms with Crippen LogP contribution in [0.1, 0.15) is 6.92 Å². The second-order valence-corrected chi connectivity index (χ2v) is 4.83. The highest BCUT2D eigenvalue weighted by atomic mass is 19.1. The molecule has 1 aromatic heterocycles. The molecule has 0 aliphatic carbocycles. The van der Waals surface area contributed by atoms with Crippen LogP contribution in [0.3, 0.4) is 0 Å². The molecule has 0 unspecified atom stereocenters. The highest BCUT2D eigenvalue weighted by Gasteiger charge is 2.03. The lowest BCUT2D eigenvalue weighted by atomic mass is 10.1. The summed E-state index contributed by atoms with van der Waals surface area (Å²) in [7, 11) is 0. The van der Waals surface area contributed by atoms with Crippen LogP contribution in [0, 0.1) is 5.82 Å². The Bertz CT molecular complexity index is 819. The maximum atomic E-state index is 13.0.